The van der Waals surface area contributed by atoms with E-state index in [-0.39, 0.29) is 17.9 Å². The summed E-state index contributed by atoms with van der Waals surface area (Å²) < 4.78 is 0. The van der Waals surface area contributed by atoms with Gasteiger partial charge >= 0.3 is 0 Å². The standard InChI is InChI=1S/C9H14N2O/c1-3-9(2)4-6-11(7-5-10)8(9)12/h3-4,6-7H2,1-2H3. The highest BCUT2D eigenvalue weighted by molar-refractivity contribution is 5.84. The van der Waals surface area contributed by atoms with Crippen molar-refractivity contribution in [1.82, 2.24) is 4.90 Å². The average Bonchev–Trinajstić information content (AvgIpc) is 2.35. The lowest BCUT2D eigenvalue weighted by Gasteiger charge is -2.19. The van der Waals surface area contributed by atoms with Crippen molar-refractivity contribution in [2.75, 3.05) is 13.1 Å². The van der Waals surface area contributed by atoms with E-state index in [1.165, 1.54) is 0 Å². The fourth-order valence-electron chi connectivity index (χ4n) is 1.54. The Balaban J connectivity index is 2.68. The maximum Gasteiger partial charge on any atom is 0.229 e. The Hall–Kier alpha value is -1.04. The second-order valence-corrected chi connectivity index (χ2v) is 3.55. The Morgan fingerprint density at radius 2 is 2.42 bits per heavy atom. The molecule has 0 spiro atoms. The summed E-state index contributed by atoms with van der Waals surface area (Å²) >= 11 is 0. The molecule has 3 heteroatoms. The molecule has 0 aromatic rings. The quantitative estimate of drug-likeness (QED) is 0.578. The first-order valence-electron chi connectivity index (χ1n) is 4.30. The molecule has 1 atom stereocenters. The monoisotopic (exact) mass is 166 g/mol. The highest BCUT2D eigenvalue weighted by Crippen LogP contribution is 2.33. The summed E-state index contributed by atoms with van der Waals surface area (Å²) in [5.41, 5.74) is -0.198. The van der Waals surface area contributed by atoms with Crippen LogP contribution in [-0.4, -0.2) is 23.9 Å². The molecule has 66 valence electrons. The normalized spacial score (nSPS) is 29.1. The van der Waals surface area contributed by atoms with Crippen LogP contribution in [0.25, 0.3) is 0 Å². The molecule has 0 bridgehead atoms. The fourth-order valence-corrected chi connectivity index (χ4v) is 1.54. The molecule has 1 aliphatic rings. The number of amides is 1. The van der Waals surface area contributed by atoms with Crippen LogP contribution in [0.1, 0.15) is 26.7 Å². The van der Waals surface area contributed by atoms with E-state index >= 15 is 0 Å². The van der Waals surface area contributed by atoms with Crippen LogP contribution in [0.3, 0.4) is 0 Å². The number of hydrogen-bond donors (Lipinski definition) is 0. The topological polar surface area (TPSA) is 44.1 Å². The predicted molar refractivity (Wildman–Crippen MR) is 45.2 cm³/mol. The van der Waals surface area contributed by atoms with Gasteiger partial charge in [0, 0.05) is 12.0 Å². The summed E-state index contributed by atoms with van der Waals surface area (Å²) in [5.74, 6) is 0.145. The molecule has 1 rings (SSSR count). The SMILES string of the molecule is CCC1(C)CCN(CC#N)C1=O. The molecule has 0 aromatic carbocycles. The van der Waals surface area contributed by atoms with Crippen LogP contribution in [-0.2, 0) is 4.79 Å². The van der Waals surface area contributed by atoms with Gasteiger partial charge in [-0.2, -0.15) is 5.26 Å². The van der Waals surface area contributed by atoms with E-state index in [4.69, 9.17) is 5.26 Å². The molecular weight excluding hydrogens is 152 g/mol. The van der Waals surface area contributed by atoms with Crippen molar-refractivity contribution < 1.29 is 4.79 Å². The average molecular weight is 166 g/mol. The van der Waals surface area contributed by atoms with Crippen molar-refractivity contribution in [3.63, 3.8) is 0 Å². The van der Waals surface area contributed by atoms with E-state index in [0.717, 1.165) is 19.4 Å². The number of hydrogen-bond acceptors (Lipinski definition) is 2. The molecule has 1 aliphatic heterocycles. The Bertz CT molecular complexity index is 231. The van der Waals surface area contributed by atoms with Gasteiger partial charge in [0.2, 0.25) is 5.91 Å². The zero-order chi connectivity index (χ0) is 9.19. The molecule has 0 saturated carbocycles. The Morgan fingerprint density at radius 1 is 1.75 bits per heavy atom. The van der Waals surface area contributed by atoms with Gasteiger partial charge in [-0.25, -0.2) is 0 Å². The summed E-state index contributed by atoms with van der Waals surface area (Å²) in [4.78, 5) is 13.3. The Labute approximate surface area is 73.0 Å². The van der Waals surface area contributed by atoms with Gasteiger partial charge in [0.05, 0.1) is 6.07 Å². The van der Waals surface area contributed by atoms with Crippen molar-refractivity contribution in [2.24, 2.45) is 5.41 Å². The van der Waals surface area contributed by atoms with Gasteiger partial charge in [-0.05, 0) is 12.8 Å². The van der Waals surface area contributed by atoms with Crippen LogP contribution in [0.5, 0.6) is 0 Å². The van der Waals surface area contributed by atoms with Crippen molar-refractivity contribution in [2.45, 2.75) is 26.7 Å². The second kappa shape index (κ2) is 3.14. The van der Waals surface area contributed by atoms with Gasteiger partial charge in [0.1, 0.15) is 6.54 Å². The predicted octanol–water partition coefficient (Wildman–Crippen LogP) is 1.16. The smallest absolute Gasteiger partial charge is 0.229 e. The van der Waals surface area contributed by atoms with Crippen molar-refractivity contribution >= 4 is 5.91 Å². The molecule has 3 nitrogen and oxygen atoms in total. The summed E-state index contributed by atoms with van der Waals surface area (Å²) in [6, 6.07) is 2.01. The zero-order valence-corrected chi connectivity index (χ0v) is 7.63. The van der Waals surface area contributed by atoms with E-state index in [0.29, 0.717) is 0 Å². The first-order valence-corrected chi connectivity index (χ1v) is 4.30. The minimum Gasteiger partial charge on any atom is -0.329 e. The van der Waals surface area contributed by atoms with E-state index in [1.807, 2.05) is 19.9 Å². The van der Waals surface area contributed by atoms with Crippen molar-refractivity contribution in [1.29, 1.82) is 5.26 Å². The van der Waals surface area contributed by atoms with Crippen LogP contribution in [0.4, 0.5) is 0 Å². The van der Waals surface area contributed by atoms with E-state index in [2.05, 4.69) is 0 Å². The number of carbonyl (C=O) groups is 1. The van der Waals surface area contributed by atoms with Crippen LogP contribution in [0, 0.1) is 16.7 Å². The summed E-state index contributed by atoms with van der Waals surface area (Å²) in [5, 5.41) is 8.44. The molecule has 1 unspecified atom stereocenters. The van der Waals surface area contributed by atoms with Crippen molar-refractivity contribution in [3.8, 4) is 6.07 Å². The van der Waals surface area contributed by atoms with Crippen molar-refractivity contribution in [3.05, 3.63) is 0 Å². The van der Waals surface area contributed by atoms with Gasteiger partial charge in [-0.3, -0.25) is 4.79 Å². The highest BCUT2D eigenvalue weighted by atomic mass is 16.2. The number of rotatable bonds is 2. The first-order chi connectivity index (χ1) is 5.64. The third kappa shape index (κ3) is 1.29. The number of nitrogens with zero attached hydrogens (tertiary/aromatic N) is 2. The third-order valence-corrected chi connectivity index (χ3v) is 2.78. The molecular formula is C9H14N2O. The lowest BCUT2D eigenvalue weighted by atomic mass is 9.86. The second-order valence-electron chi connectivity index (χ2n) is 3.55. The fraction of sp³-hybridized carbons (Fsp3) is 0.778. The first kappa shape index (κ1) is 9.05. The molecule has 0 aliphatic carbocycles. The summed E-state index contributed by atoms with van der Waals surface area (Å²) in [6.07, 6.45) is 1.76. The molecule has 0 N–H and O–H groups in total. The van der Waals surface area contributed by atoms with Crippen LogP contribution >= 0.6 is 0 Å². The molecule has 0 radical (unpaired) electrons. The number of nitriles is 1. The zero-order valence-electron chi connectivity index (χ0n) is 7.63. The minimum absolute atomic E-state index is 0.145. The Kier molecular flexibility index (Phi) is 2.37. The minimum atomic E-state index is -0.198. The van der Waals surface area contributed by atoms with Gasteiger partial charge in [-0.15, -0.1) is 0 Å². The van der Waals surface area contributed by atoms with Crippen LogP contribution < -0.4 is 0 Å². The molecule has 12 heavy (non-hydrogen) atoms. The molecule has 1 heterocycles. The Morgan fingerprint density at radius 3 is 2.83 bits per heavy atom. The number of carbonyl (C=O) groups excluding carboxylic acids is 1. The van der Waals surface area contributed by atoms with Gasteiger partial charge < -0.3 is 4.90 Å². The van der Waals surface area contributed by atoms with Gasteiger partial charge in [0.25, 0.3) is 0 Å². The van der Waals surface area contributed by atoms with E-state index < -0.39 is 0 Å². The molecule has 1 saturated heterocycles. The maximum absolute atomic E-state index is 11.6. The lowest BCUT2D eigenvalue weighted by molar-refractivity contribution is -0.134. The highest BCUT2D eigenvalue weighted by Gasteiger charge is 2.40. The lowest BCUT2D eigenvalue weighted by Crippen LogP contribution is -2.32. The molecule has 1 fully saturated rings. The number of likely N-dealkylation sites (tertiary alicyclic amines) is 1. The summed E-state index contributed by atoms with van der Waals surface area (Å²) in [6.45, 7) is 4.99. The van der Waals surface area contributed by atoms with Gasteiger partial charge in [-0.1, -0.05) is 13.8 Å². The van der Waals surface area contributed by atoms with Crippen LogP contribution in [0.15, 0.2) is 0 Å². The van der Waals surface area contributed by atoms with E-state index in [9.17, 15) is 4.79 Å². The third-order valence-electron chi connectivity index (χ3n) is 2.78. The van der Waals surface area contributed by atoms with Gasteiger partial charge in [0.15, 0.2) is 0 Å². The largest absolute Gasteiger partial charge is 0.329 e. The molecule has 1 amide bonds. The molecule has 0 aromatic heterocycles. The summed E-state index contributed by atoms with van der Waals surface area (Å²) in [7, 11) is 0. The van der Waals surface area contributed by atoms with E-state index in [1.54, 1.807) is 4.90 Å². The van der Waals surface area contributed by atoms with Crippen LogP contribution in [0.2, 0.25) is 0 Å². The maximum atomic E-state index is 11.6.